The Kier molecular flexibility index (Phi) is 3.54. The number of nitrogens with one attached hydrogen (secondary N) is 1. The molecule has 1 heterocycles. The summed E-state index contributed by atoms with van der Waals surface area (Å²) in [6.07, 6.45) is 5.38. The van der Waals surface area contributed by atoms with Crippen LogP contribution in [0.3, 0.4) is 0 Å². The second-order valence-electron chi connectivity index (χ2n) is 3.00. The molecular formula is C9H14N4. The lowest BCUT2D eigenvalue weighted by atomic mass is 10.2. The molecule has 0 aliphatic heterocycles. The number of aromatic nitrogens is 2. The van der Waals surface area contributed by atoms with Crippen molar-refractivity contribution < 1.29 is 0 Å². The summed E-state index contributed by atoms with van der Waals surface area (Å²) in [5.41, 5.74) is 3.82. The Morgan fingerprint density at radius 3 is 2.54 bits per heavy atom. The van der Waals surface area contributed by atoms with Crippen molar-refractivity contribution in [3.05, 3.63) is 35.9 Å². The molecule has 1 aromatic rings. The Labute approximate surface area is 77.9 Å². The number of hydrogen-bond donors (Lipinski definition) is 2. The van der Waals surface area contributed by atoms with Gasteiger partial charge in [-0.2, -0.15) is 0 Å². The highest BCUT2D eigenvalue weighted by molar-refractivity contribution is 5.09. The molecule has 4 heteroatoms. The fourth-order valence-corrected chi connectivity index (χ4v) is 1.00. The van der Waals surface area contributed by atoms with Gasteiger partial charge >= 0.3 is 0 Å². The van der Waals surface area contributed by atoms with Crippen molar-refractivity contribution in [2.75, 3.05) is 0 Å². The van der Waals surface area contributed by atoms with Crippen molar-refractivity contribution in [1.29, 1.82) is 0 Å². The molecule has 0 fully saturated rings. The Bertz CT molecular complexity index is 277. The summed E-state index contributed by atoms with van der Waals surface area (Å²) >= 11 is 0. The van der Waals surface area contributed by atoms with Crippen LogP contribution in [0.15, 0.2) is 30.1 Å². The molecule has 0 saturated heterocycles. The van der Waals surface area contributed by atoms with Gasteiger partial charge in [-0.25, -0.2) is 15.4 Å². The minimum atomic E-state index is -0.105. The monoisotopic (exact) mass is 178 g/mol. The van der Waals surface area contributed by atoms with E-state index < -0.39 is 0 Å². The van der Waals surface area contributed by atoms with Crippen LogP contribution in [0.4, 0.5) is 0 Å². The molecule has 1 atom stereocenters. The van der Waals surface area contributed by atoms with E-state index in [9.17, 15) is 0 Å². The van der Waals surface area contributed by atoms with Crippen LogP contribution in [0.5, 0.6) is 0 Å². The summed E-state index contributed by atoms with van der Waals surface area (Å²) in [4.78, 5) is 8.21. The average Bonchev–Trinajstić information content (AvgIpc) is 2.15. The molecule has 0 spiro atoms. The topological polar surface area (TPSA) is 63.8 Å². The van der Waals surface area contributed by atoms with E-state index in [2.05, 4.69) is 15.4 Å². The van der Waals surface area contributed by atoms with E-state index in [4.69, 9.17) is 5.84 Å². The third-order valence-electron chi connectivity index (χ3n) is 1.54. The van der Waals surface area contributed by atoms with E-state index in [0.29, 0.717) is 5.82 Å². The van der Waals surface area contributed by atoms with E-state index in [1.165, 1.54) is 5.57 Å². The van der Waals surface area contributed by atoms with Gasteiger partial charge in [0.15, 0.2) is 0 Å². The normalized spacial score (nSPS) is 12.2. The van der Waals surface area contributed by atoms with Crippen LogP contribution in [-0.4, -0.2) is 9.97 Å². The van der Waals surface area contributed by atoms with Gasteiger partial charge in [0.2, 0.25) is 0 Å². The van der Waals surface area contributed by atoms with Crippen LogP contribution >= 0.6 is 0 Å². The van der Waals surface area contributed by atoms with Crippen LogP contribution in [-0.2, 0) is 0 Å². The van der Waals surface area contributed by atoms with Crippen molar-refractivity contribution in [2.45, 2.75) is 19.9 Å². The Morgan fingerprint density at radius 1 is 1.46 bits per heavy atom. The fraction of sp³-hybridized carbons (Fsp3) is 0.333. The van der Waals surface area contributed by atoms with E-state index >= 15 is 0 Å². The SMILES string of the molecule is CC(C)=CC(NN)c1ncccn1. The summed E-state index contributed by atoms with van der Waals surface area (Å²) in [7, 11) is 0. The van der Waals surface area contributed by atoms with Gasteiger partial charge in [0, 0.05) is 12.4 Å². The first-order valence-corrected chi connectivity index (χ1v) is 4.12. The fourth-order valence-electron chi connectivity index (χ4n) is 1.00. The number of nitrogens with two attached hydrogens (primary N) is 1. The first-order chi connectivity index (χ1) is 6.24. The second kappa shape index (κ2) is 4.69. The quantitative estimate of drug-likeness (QED) is 0.411. The lowest BCUT2D eigenvalue weighted by molar-refractivity contribution is 0.615. The molecule has 1 rings (SSSR count). The van der Waals surface area contributed by atoms with Crippen molar-refractivity contribution in [3.8, 4) is 0 Å². The molecule has 0 radical (unpaired) electrons. The third kappa shape index (κ3) is 2.93. The summed E-state index contributed by atoms with van der Waals surface area (Å²) < 4.78 is 0. The summed E-state index contributed by atoms with van der Waals surface area (Å²) in [6.45, 7) is 4.01. The Hall–Kier alpha value is -1.26. The smallest absolute Gasteiger partial charge is 0.150 e. The third-order valence-corrected chi connectivity index (χ3v) is 1.54. The predicted octanol–water partition coefficient (Wildman–Crippen LogP) is 0.947. The zero-order chi connectivity index (χ0) is 9.68. The molecular weight excluding hydrogens is 164 g/mol. The highest BCUT2D eigenvalue weighted by Crippen LogP contribution is 2.08. The van der Waals surface area contributed by atoms with E-state index in [1.54, 1.807) is 18.5 Å². The number of nitrogens with zero attached hydrogens (tertiary/aromatic N) is 2. The maximum atomic E-state index is 5.38. The first-order valence-electron chi connectivity index (χ1n) is 4.12. The molecule has 1 aromatic heterocycles. The van der Waals surface area contributed by atoms with E-state index in [0.717, 1.165) is 0 Å². The minimum Gasteiger partial charge on any atom is -0.270 e. The number of hydrazine groups is 1. The standard InChI is InChI=1S/C9H14N4/c1-7(2)6-8(13-10)9-11-4-3-5-12-9/h3-6,8,13H,10H2,1-2H3. The lowest BCUT2D eigenvalue weighted by Crippen LogP contribution is -2.28. The predicted molar refractivity (Wildman–Crippen MR) is 51.5 cm³/mol. The van der Waals surface area contributed by atoms with Gasteiger partial charge < -0.3 is 0 Å². The molecule has 0 aliphatic rings. The summed E-state index contributed by atoms with van der Waals surface area (Å²) in [6, 6.07) is 1.67. The van der Waals surface area contributed by atoms with Gasteiger partial charge in [0.1, 0.15) is 5.82 Å². The van der Waals surface area contributed by atoms with Gasteiger partial charge in [0.25, 0.3) is 0 Å². The number of rotatable bonds is 3. The van der Waals surface area contributed by atoms with Crippen molar-refractivity contribution >= 4 is 0 Å². The van der Waals surface area contributed by atoms with Gasteiger partial charge in [-0.3, -0.25) is 5.84 Å². The van der Waals surface area contributed by atoms with Crippen LogP contribution in [0.25, 0.3) is 0 Å². The van der Waals surface area contributed by atoms with Crippen LogP contribution < -0.4 is 11.3 Å². The molecule has 0 amide bonds. The molecule has 0 bridgehead atoms. The van der Waals surface area contributed by atoms with Crippen LogP contribution in [0.1, 0.15) is 25.7 Å². The number of hydrogen-bond acceptors (Lipinski definition) is 4. The van der Waals surface area contributed by atoms with Crippen LogP contribution in [0, 0.1) is 0 Å². The van der Waals surface area contributed by atoms with Gasteiger partial charge in [-0.15, -0.1) is 0 Å². The molecule has 1 unspecified atom stereocenters. The van der Waals surface area contributed by atoms with E-state index in [-0.39, 0.29) is 6.04 Å². The van der Waals surface area contributed by atoms with Gasteiger partial charge in [-0.05, 0) is 19.9 Å². The van der Waals surface area contributed by atoms with Gasteiger partial charge in [-0.1, -0.05) is 11.6 Å². The van der Waals surface area contributed by atoms with Gasteiger partial charge in [0.05, 0.1) is 6.04 Å². The molecule has 13 heavy (non-hydrogen) atoms. The Morgan fingerprint density at radius 2 is 2.08 bits per heavy atom. The molecule has 70 valence electrons. The molecule has 0 aromatic carbocycles. The maximum Gasteiger partial charge on any atom is 0.150 e. The largest absolute Gasteiger partial charge is 0.270 e. The second-order valence-corrected chi connectivity index (χ2v) is 3.00. The van der Waals surface area contributed by atoms with Crippen molar-refractivity contribution in [3.63, 3.8) is 0 Å². The maximum absolute atomic E-state index is 5.38. The van der Waals surface area contributed by atoms with Crippen molar-refractivity contribution in [2.24, 2.45) is 5.84 Å². The Balaban J connectivity index is 2.85. The zero-order valence-electron chi connectivity index (χ0n) is 7.86. The summed E-state index contributed by atoms with van der Waals surface area (Å²) in [5.74, 6) is 6.06. The molecule has 4 nitrogen and oxygen atoms in total. The lowest BCUT2D eigenvalue weighted by Gasteiger charge is -2.09. The molecule has 0 aliphatic carbocycles. The zero-order valence-corrected chi connectivity index (χ0v) is 7.86. The molecule has 0 saturated carbocycles. The average molecular weight is 178 g/mol. The van der Waals surface area contributed by atoms with Crippen LogP contribution in [0.2, 0.25) is 0 Å². The molecule has 3 N–H and O–H groups in total. The highest BCUT2D eigenvalue weighted by Gasteiger charge is 2.07. The minimum absolute atomic E-state index is 0.105. The number of allylic oxidation sites excluding steroid dienone is 1. The highest BCUT2D eigenvalue weighted by atomic mass is 15.2. The summed E-state index contributed by atoms with van der Waals surface area (Å²) in [5, 5.41) is 0. The first kappa shape index (κ1) is 9.83. The van der Waals surface area contributed by atoms with E-state index in [1.807, 2.05) is 19.9 Å². The van der Waals surface area contributed by atoms with Crippen molar-refractivity contribution in [1.82, 2.24) is 15.4 Å².